The van der Waals surface area contributed by atoms with Gasteiger partial charge in [-0.3, -0.25) is 0 Å². The molecular formula is C47H36N2. The first-order valence-electron chi connectivity index (χ1n) is 17.0. The number of para-hydroxylation sites is 2. The van der Waals surface area contributed by atoms with Crippen molar-refractivity contribution in [2.75, 3.05) is 4.90 Å². The molecule has 0 unspecified atom stereocenters. The molecule has 2 heteroatoms. The molecule has 0 fully saturated rings. The lowest BCUT2D eigenvalue weighted by Crippen LogP contribution is -2.16. The minimum Gasteiger partial charge on any atom is -0.312 e. The molecule has 1 aliphatic rings. The molecule has 8 aromatic rings. The van der Waals surface area contributed by atoms with Crippen molar-refractivity contribution in [3.63, 3.8) is 0 Å². The second-order valence-electron chi connectivity index (χ2n) is 13.4. The van der Waals surface area contributed by atoms with Gasteiger partial charge in [-0.2, -0.15) is 0 Å². The Labute approximate surface area is 288 Å². The highest BCUT2D eigenvalue weighted by Gasteiger charge is 2.40. The van der Waals surface area contributed by atoms with E-state index in [0.29, 0.717) is 0 Å². The fraction of sp³-hybridized carbons (Fsp3) is 0.0638. The molecule has 234 valence electrons. The number of anilines is 3. The smallest absolute Gasteiger partial charge is 0.0538 e. The summed E-state index contributed by atoms with van der Waals surface area (Å²) in [5.41, 5.74) is 15.9. The Morgan fingerprint density at radius 2 is 0.898 bits per heavy atom. The van der Waals surface area contributed by atoms with Crippen molar-refractivity contribution in [1.82, 2.24) is 4.57 Å². The summed E-state index contributed by atoms with van der Waals surface area (Å²) in [5, 5.41) is 1.29. The van der Waals surface area contributed by atoms with Gasteiger partial charge < -0.3 is 9.47 Å². The van der Waals surface area contributed by atoms with Gasteiger partial charge in [0.15, 0.2) is 0 Å². The van der Waals surface area contributed by atoms with E-state index >= 15 is 0 Å². The van der Waals surface area contributed by atoms with E-state index in [0.717, 1.165) is 17.1 Å². The van der Waals surface area contributed by atoms with Crippen molar-refractivity contribution in [3.05, 3.63) is 193 Å². The molecule has 0 saturated carbocycles. The molecule has 0 saturated heterocycles. The topological polar surface area (TPSA) is 8.17 Å². The quantitative estimate of drug-likeness (QED) is 0.178. The van der Waals surface area contributed by atoms with Gasteiger partial charge in [0.05, 0.1) is 11.2 Å². The van der Waals surface area contributed by atoms with Gasteiger partial charge >= 0.3 is 0 Å². The summed E-state index contributed by atoms with van der Waals surface area (Å²) >= 11 is 0. The van der Waals surface area contributed by atoms with Gasteiger partial charge in [0, 0.05) is 39.1 Å². The highest BCUT2D eigenvalue weighted by molar-refractivity contribution is 6.03. The fourth-order valence-electron chi connectivity index (χ4n) is 7.80. The lowest BCUT2D eigenvalue weighted by atomic mass is 9.80. The van der Waals surface area contributed by atoms with Crippen LogP contribution in [-0.2, 0) is 5.41 Å². The van der Waals surface area contributed by atoms with Gasteiger partial charge in [0.2, 0.25) is 0 Å². The highest BCUT2D eigenvalue weighted by Crippen LogP contribution is 2.52. The van der Waals surface area contributed by atoms with E-state index < -0.39 is 0 Å². The summed E-state index contributed by atoms with van der Waals surface area (Å²) < 4.78 is 2.50. The molecule has 0 aliphatic carbocycles. The van der Waals surface area contributed by atoms with E-state index in [9.17, 15) is 0 Å². The summed E-state index contributed by atoms with van der Waals surface area (Å²) in [4.78, 5) is 2.33. The van der Waals surface area contributed by atoms with Crippen LogP contribution in [0.15, 0.2) is 182 Å². The molecule has 49 heavy (non-hydrogen) atoms. The maximum atomic E-state index is 2.50. The first-order valence-corrected chi connectivity index (χ1v) is 17.0. The van der Waals surface area contributed by atoms with Crippen LogP contribution in [0.1, 0.15) is 25.1 Å². The number of hydrogen-bond acceptors (Lipinski definition) is 1. The van der Waals surface area contributed by atoms with Gasteiger partial charge in [-0.1, -0.05) is 141 Å². The number of fused-ring (bicyclic) bond motifs is 5. The van der Waals surface area contributed by atoms with Crippen molar-refractivity contribution >= 4 is 28.0 Å². The summed E-state index contributed by atoms with van der Waals surface area (Å²) in [5.74, 6) is 0. The first kappa shape index (κ1) is 29.1. The van der Waals surface area contributed by atoms with E-state index in [1.807, 2.05) is 0 Å². The van der Waals surface area contributed by atoms with Gasteiger partial charge in [-0.05, 0) is 88.0 Å². The molecule has 0 spiro atoms. The molecule has 2 nitrogen and oxygen atoms in total. The number of aromatic nitrogens is 1. The fourth-order valence-corrected chi connectivity index (χ4v) is 7.80. The minimum absolute atomic E-state index is 0.122. The Bertz CT molecular complexity index is 2420. The molecule has 7 aromatic carbocycles. The van der Waals surface area contributed by atoms with Crippen LogP contribution >= 0.6 is 0 Å². The second-order valence-corrected chi connectivity index (χ2v) is 13.4. The SMILES string of the molecule is CC1(C)c2ccccc2-n2c1c(-c1ccccc1)c1cc(-c3ccc(N(c4ccccc4)c4ccc(-c5ccccc5)cc4)cc3)ccc12. The van der Waals surface area contributed by atoms with Gasteiger partial charge in [0.1, 0.15) is 0 Å². The molecule has 9 rings (SSSR count). The van der Waals surface area contributed by atoms with Crippen LogP contribution in [0.3, 0.4) is 0 Å². The minimum atomic E-state index is -0.122. The average molecular weight is 629 g/mol. The number of nitrogens with zero attached hydrogens (tertiary/aromatic N) is 2. The maximum absolute atomic E-state index is 2.50. The third kappa shape index (κ3) is 4.79. The first-order chi connectivity index (χ1) is 24.1. The number of rotatable bonds is 6. The Kier molecular flexibility index (Phi) is 6.84. The standard InChI is InChI=1S/C47H36N2/c1-47(2)42-20-12-13-21-44(42)49-43-31-26-37(32-41(43)45(46(47)49)36-16-8-4-9-17-36)35-24-29-40(30-25-35)48(38-18-10-5-11-19-38)39-27-22-34(23-28-39)33-14-6-3-7-15-33/h3-32H,1-2H3. The Hall–Kier alpha value is -6.12. The van der Waals surface area contributed by atoms with E-state index in [2.05, 4.69) is 205 Å². The predicted molar refractivity (Wildman–Crippen MR) is 206 cm³/mol. The zero-order valence-electron chi connectivity index (χ0n) is 27.7. The second kappa shape index (κ2) is 11.5. The van der Waals surface area contributed by atoms with E-state index in [4.69, 9.17) is 0 Å². The van der Waals surface area contributed by atoms with E-state index in [-0.39, 0.29) is 5.41 Å². The molecule has 0 bridgehead atoms. The lowest BCUT2D eigenvalue weighted by molar-refractivity contribution is 0.646. The lowest BCUT2D eigenvalue weighted by Gasteiger charge is -2.26. The van der Waals surface area contributed by atoms with Crippen molar-refractivity contribution in [2.45, 2.75) is 19.3 Å². The molecule has 1 aliphatic heterocycles. The largest absolute Gasteiger partial charge is 0.312 e. The molecule has 0 amide bonds. The Morgan fingerprint density at radius 1 is 0.429 bits per heavy atom. The average Bonchev–Trinajstić information content (AvgIpc) is 3.63. The van der Waals surface area contributed by atoms with Crippen LogP contribution in [0.4, 0.5) is 17.1 Å². The van der Waals surface area contributed by atoms with Crippen LogP contribution in [0.5, 0.6) is 0 Å². The number of benzene rings is 7. The van der Waals surface area contributed by atoms with Crippen LogP contribution < -0.4 is 4.90 Å². The van der Waals surface area contributed by atoms with Crippen molar-refractivity contribution in [1.29, 1.82) is 0 Å². The summed E-state index contributed by atoms with van der Waals surface area (Å²) in [6, 6.07) is 65.8. The normalized spacial score (nSPS) is 12.9. The van der Waals surface area contributed by atoms with Gasteiger partial charge in [0.25, 0.3) is 0 Å². The zero-order chi connectivity index (χ0) is 33.0. The molecule has 0 radical (unpaired) electrons. The summed E-state index contributed by atoms with van der Waals surface area (Å²) in [7, 11) is 0. The van der Waals surface area contributed by atoms with E-state index in [1.165, 1.54) is 61.2 Å². The number of hydrogen-bond donors (Lipinski definition) is 0. The van der Waals surface area contributed by atoms with Crippen LogP contribution in [0, 0.1) is 0 Å². The third-order valence-electron chi connectivity index (χ3n) is 10.1. The Balaban J connectivity index is 1.14. The third-order valence-corrected chi connectivity index (χ3v) is 10.1. The monoisotopic (exact) mass is 628 g/mol. The van der Waals surface area contributed by atoms with Crippen LogP contribution in [0.2, 0.25) is 0 Å². The molecule has 0 N–H and O–H groups in total. The highest BCUT2D eigenvalue weighted by atomic mass is 15.1. The van der Waals surface area contributed by atoms with Crippen LogP contribution in [-0.4, -0.2) is 4.57 Å². The van der Waals surface area contributed by atoms with Gasteiger partial charge in [-0.15, -0.1) is 0 Å². The molecule has 0 atom stereocenters. The van der Waals surface area contributed by atoms with Crippen molar-refractivity contribution in [3.8, 4) is 39.1 Å². The van der Waals surface area contributed by atoms with Crippen molar-refractivity contribution < 1.29 is 0 Å². The summed E-state index contributed by atoms with van der Waals surface area (Å²) in [6.07, 6.45) is 0. The maximum Gasteiger partial charge on any atom is 0.0538 e. The molecule has 1 aromatic heterocycles. The van der Waals surface area contributed by atoms with Crippen molar-refractivity contribution in [2.24, 2.45) is 0 Å². The van der Waals surface area contributed by atoms with Gasteiger partial charge in [-0.25, -0.2) is 0 Å². The zero-order valence-corrected chi connectivity index (χ0v) is 27.7. The predicted octanol–water partition coefficient (Wildman–Crippen LogP) is 12.7. The molecular weight excluding hydrogens is 593 g/mol. The summed E-state index contributed by atoms with van der Waals surface area (Å²) in [6.45, 7) is 4.73. The molecule has 2 heterocycles. The van der Waals surface area contributed by atoms with E-state index in [1.54, 1.807) is 0 Å². The van der Waals surface area contributed by atoms with Crippen LogP contribution in [0.25, 0.3) is 50.0 Å². The Morgan fingerprint density at radius 3 is 1.53 bits per heavy atom.